The van der Waals surface area contributed by atoms with Crippen LogP contribution in [0.25, 0.3) is 11.0 Å². The molecule has 0 bridgehead atoms. The topological polar surface area (TPSA) is 48.7 Å². The number of para-hydroxylation sites is 1. The average Bonchev–Trinajstić information content (AvgIpc) is 2.84. The SMILES string of the molecule is Cc1oc2ccccc2c1CN(C)CC(=O)N1CCNCC1. The van der Waals surface area contributed by atoms with Gasteiger partial charge in [0.05, 0.1) is 6.54 Å². The summed E-state index contributed by atoms with van der Waals surface area (Å²) in [4.78, 5) is 16.3. The molecule has 1 fully saturated rings. The smallest absolute Gasteiger partial charge is 0.236 e. The van der Waals surface area contributed by atoms with Gasteiger partial charge in [0, 0.05) is 43.7 Å². The zero-order chi connectivity index (χ0) is 15.5. The quantitative estimate of drug-likeness (QED) is 0.932. The highest BCUT2D eigenvalue weighted by molar-refractivity contribution is 5.82. The number of aryl methyl sites for hydroxylation is 1. The van der Waals surface area contributed by atoms with Gasteiger partial charge in [0.25, 0.3) is 0 Å². The Labute approximate surface area is 130 Å². The first-order valence-corrected chi connectivity index (χ1v) is 7.79. The number of nitrogens with zero attached hydrogens (tertiary/aromatic N) is 2. The number of nitrogens with one attached hydrogen (secondary N) is 1. The van der Waals surface area contributed by atoms with Gasteiger partial charge in [0.15, 0.2) is 0 Å². The van der Waals surface area contributed by atoms with Crippen molar-refractivity contribution in [2.75, 3.05) is 39.8 Å². The van der Waals surface area contributed by atoms with Crippen LogP contribution in [0, 0.1) is 6.92 Å². The largest absolute Gasteiger partial charge is 0.461 e. The first-order valence-electron chi connectivity index (χ1n) is 7.79. The summed E-state index contributed by atoms with van der Waals surface area (Å²) in [5.41, 5.74) is 2.09. The Hall–Kier alpha value is -1.85. The molecule has 0 radical (unpaired) electrons. The molecule has 0 atom stereocenters. The summed E-state index contributed by atoms with van der Waals surface area (Å²) in [6.45, 7) is 6.55. The standard InChI is InChI=1S/C17H23N3O2/c1-13-15(14-5-3-4-6-16(14)22-13)11-19(2)12-17(21)20-9-7-18-8-10-20/h3-6,18H,7-12H2,1-2H3. The van der Waals surface area contributed by atoms with E-state index < -0.39 is 0 Å². The maximum atomic E-state index is 12.3. The molecule has 1 aliphatic rings. The Morgan fingerprint density at radius 1 is 1.32 bits per heavy atom. The third kappa shape index (κ3) is 3.15. The minimum absolute atomic E-state index is 0.203. The Bertz CT molecular complexity index is 659. The molecule has 1 aromatic carbocycles. The fourth-order valence-corrected chi connectivity index (χ4v) is 2.99. The highest BCUT2D eigenvalue weighted by atomic mass is 16.3. The first-order chi connectivity index (χ1) is 10.6. The summed E-state index contributed by atoms with van der Waals surface area (Å²) in [5, 5.41) is 4.41. The number of carbonyl (C=O) groups is 1. The Morgan fingerprint density at radius 3 is 2.82 bits per heavy atom. The van der Waals surface area contributed by atoms with E-state index in [9.17, 15) is 4.79 Å². The second-order valence-electron chi connectivity index (χ2n) is 5.94. The third-order valence-electron chi connectivity index (χ3n) is 4.20. The number of fused-ring (bicyclic) bond motifs is 1. The molecule has 118 valence electrons. The maximum Gasteiger partial charge on any atom is 0.236 e. The number of furan rings is 1. The van der Waals surface area contributed by atoms with Gasteiger partial charge in [-0.15, -0.1) is 0 Å². The van der Waals surface area contributed by atoms with E-state index in [1.165, 1.54) is 5.56 Å². The first kappa shape index (κ1) is 15.1. The summed E-state index contributed by atoms with van der Waals surface area (Å²) >= 11 is 0. The lowest BCUT2D eigenvalue weighted by Gasteiger charge is -2.29. The van der Waals surface area contributed by atoms with Crippen LogP contribution in [0.3, 0.4) is 0 Å². The lowest BCUT2D eigenvalue weighted by Crippen LogP contribution is -2.49. The summed E-state index contributed by atoms with van der Waals surface area (Å²) in [6.07, 6.45) is 0. The molecule has 2 heterocycles. The molecule has 1 aliphatic heterocycles. The van der Waals surface area contributed by atoms with Crippen LogP contribution in [-0.4, -0.2) is 55.5 Å². The molecular weight excluding hydrogens is 278 g/mol. The minimum Gasteiger partial charge on any atom is -0.461 e. The molecule has 5 nitrogen and oxygen atoms in total. The van der Waals surface area contributed by atoms with Crippen molar-refractivity contribution in [3.8, 4) is 0 Å². The molecule has 1 N–H and O–H groups in total. The van der Waals surface area contributed by atoms with E-state index in [-0.39, 0.29) is 5.91 Å². The van der Waals surface area contributed by atoms with E-state index in [1.807, 2.05) is 37.1 Å². The Kier molecular flexibility index (Phi) is 4.45. The van der Waals surface area contributed by atoms with E-state index in [2.05, 4.69) is 16.3 Å². The van der Waals surface area contributed by atoms with Gasteiger partial charge >= 0.3 is 0 Å². The van der Waals surface area contributed by atoms with E-state index >= 15 is 0 Å². The van der Waals surface area contributed by atoms with Crippen LogP contribution in [-0.2, 0) is 11.3 Å². The minimum atomic E-state index is 0.203. The molecule has 1 aromatic heterocycles. The molecule has 0 unspecified atom stereocenters. The second-order valence-corrected chi connectivity index (χ2v) is 5.94. The normalized spacial score (nSPS) is 15.7. The number of benzene rings is 1. The van der Waals surface area contributed by atoms with Crippen LogP contribution in [0.2, 0.25) is 0 Å². The lowest BCUT2D eigenvalue weighted by atomic mass is 10.1. The van der Waals surface area contributed by atoms with Crippen molar-refractivity contribution in [2.24, 2.45) is 0 Å². The van der Waals surface area contributed by atoms with Crippen LogP contribution < -0.4 is 5.32 Å². The summed E-state index contributed by atoms with van der Waals surface area (Å²) < 4.78 is 5.79. The van der Waals surface area contributed by atoms with Crippen LogP contribution in [0.15, 0.2) is 28.7 Å². The number of piperazine rings is 1. The molecule has 2 aromatic rings. The number of amides is 1. The van der Waals surface area contributed by atoms with Crippen molar-refractivity contribution in [2.45, 2.75) is 13.5 Å². The fourth-order valence-electron chi connectivity index (χ4n) is 2.99. The summed E-state index contributed by atoms with van der Waals surface area (Å²) in [6, 6.07) is 8.06. The van der Waals surface area contributed by atoms with Crippen LogP contribution in [0.5, 0.6) is 0 Å². The van der Waals surface area contributed by atoms with Crippen molar-refractivity contribution in [1.29, 1.82) is 0 Å². The van der Waals surface area contributed by atoms with Crippen molar-refractivity contribution >= 4 is 16.9 Å². The number of hydrogen-bond acceptors (Lipinski definition) is 4. The van der Waals surface area contributed by atoms with Crippen molar-refractivity contribution in [3.05, 3.63) is 35.6 Å². The second kappa shape index (κ2) is 6.50. The van der Waals surface area contributed by atoms with Crippen molar-refractivity contribution < 1.29 is 9.21 Å². The molecule has 0 spiro atoms. The molecule has 22 heavy (non-hydrogen) atoms. The van der Waals surface area contributed by atoms with Gasteiger partial charge < -0.3 is 14.6 Å². The number of likely N-dealkylation sites (N-methyl/N-ethyl adjacent to an activating group) is 1. The van der Waals surface area contributed by atoms with Crippen molar-refractivity contribution in [3.63, 3.8) is 0 Å². The fraction of sp³-hybridized carbons (Fsp3) is 0.471. The zero-order valence-electron chi connectivity index (χ0n) is 13.3. The maximum absolute atomic E-state index is 12.3. The highest BCUT2D eigenvalue weighted by Gasteiger charge is 2.19. The molecule has 0 saturated carbocycles. The van der Waals surface area contributed by atoms with Crippen LogP contribution >= 0.6 is 0 Å². The number of carbonyl (C=O) groups excluding carboxylic acids is 1. The van der Waals surface area contributed by atoms with Gasteiger partial charge in [-0.1, -0.05) is 18.2 Å². The molecule has 1 amide bonds. The highest BCUT2D eigenvalue weighted by Crippen LogP contribution is 2.26. The Morgan fingerprint density at radius 2 is 2.05 bits per heavy atom. The van der Waals surface area contributed by atoms with E-state index in [4.69, 9.17) is 4.42 Å². The zero-order valence-corrected chi connectivity index (χ0v) is 13.3. The molecular formula is C17H23N3O2. The lowest BCUT2D eigenvalue weighted by molar-refractivity contribution is -0.132. The molecule has 0 aliphatic carbocycles. The third-order valence-corrected chi connectivity index (χ3v) is 4.20. The van der Waals surface area contributed by atoms with Gasteiger partial charge in [0.2, 0.25) is 5.91 Å². The predicted molar refractivity (Wildman–Crippen MR) is 86.7 cm³/mol. The van der Waals surface area contributed by atoms with Crippen LogP contribution in [0.4, 0.5) is 0 Å². The van der Waals surface area contributed by atoms with Gasteiger partial charge in [0.1, 0.15) is 11.3 Å². The van der Waals surface area contributed by atoms with Crippen molar-refractivity contribution in [1.82, 2.24) is 15.1 Å². The van der Waals surface area contributed by atoms with E-state index in [0.29, 0.717) is 6.54 Å². The van der Waals surface area contributed by atoms with E-state index in [1.54, 1.807) is 0 Å². The molecule has 3 rings (SSSR count). The van der Waals surface area contributed by atoms with Crippen LogP contribution in [0.1, 0.15) is 11.3 Å². The van der Waals surface area contributed by atoms with Gasteiger partial charge in [-0.3, -0.25) is 9.69 Å². The molecule has 1 saturated heterocycles. The van der Waals surface area contributed by atoms with Gasteiger partial charge in [-0.05, 0) is 20.0 Å². The average molecular weight is 301 g/mol. The Balaban J connectivity index is 1.66. The molecule has 5 heteroatoms. The summed E-state index contributed by atoms with van der Waals surface area (Å²) in [5.74, 6) is 1.14. The predicted octanol–water partition coefficient (Wildman–Crippen LogP) is 1.60. The van der Waals surface area contributed by atoms with Gasteiger partial charge in [-0.25, -0.2) is 0 Å². The monoisotopic (exact) mass is 301 g/mol. The number of hydrogen-bond donors (Lipinski definition) is 1. The van der Waals surface area contributed by atoms with Gasteiger partial charge in [-0.2, -0.15) is 0 Å². The summed E-state index contributed by atoms with van der Waals surface area (Å²) in [7, 11) is 1.99. The number of rotatable bonds is 4. The van der Waals surface area contributed by atoms with E-state index in [0.717, 1.165) is 49.5 Å².